The average Bonchev–Trinajstić information content (AvgIpc) is 2.55. The van der Waals surface area contributed by atoms with Crippen molar-refractivity contribution in [2.45, 2.75) is 61.7 Å². The molecular weight excluding hydrogens is 316 g/mol. The highest BCUT2D eigenvalue weighted by Crippen LogP contribution is 2.28. The maximum absolute atomic E-state index is 10.1. The van der Waals surface area contributed by atoms with Crippen molar-refractivity contribution in [3.8, 4) is 0 Å². The number of aliphatic hydroxyl groups is 6. The second-order valence-electron chi connectivity index (χ2n) is 5.62. The van der Waals surface area contributed by atoms with Gasteiger partial charge in [-0.25, -0.2) is 0 Å². The largest absolute Gasteiger partial charge is 0.394 e. The lowest BCUT2D eigenvalue weighted by molar-refractivity contribution is -0.339. The van der Waals surface area contributed by atoms with Gasteiger partial charge in [-0.15, -0.1) is 0 Å². The van der Waals surface area contributed by atoms with Crippen molar-refractivity contribution in [3.05, 3.63) is 0 Å². The molecule has 10 nitrogen and oxygen atoms in total. The van der Waals surface area contributed by atoms with Gasteiger partial charge in [-0.3, -0.25) is 0 Å². The van der Waals surface area contributed by atoms with Gasteiger partial charge in [0.15, 0.2) is 12.6 Å². The molecule has 2 aliphatic rings. The third-order valence-corrected chi connectivity index (χ3v) is 4.08. The Balaban J connectivity index is 2.05. The maximum Gasteiger partial charge on any atom is 0.186 e. The van der Waals surface area contributed by atoms with Crippen molar-refractivity contribution in [3.63, 3.8) is 0 Å². The predicted molar refractivity (Wildman–Crippen MR) is 72.0 cm³/mol. The predicted octanol–water partition coefficient (Wildman–Crippen LogP) is -3.71. The Morgan fingerprint density at radius 2 is 1.57 bits per heavy atom. The van der Waals surface area contributed by atoms with Crippen LogP contribution in [0.2, 0.25) is 0 Å². The lowest BCUT2D eigenvalue weighted by Gasteiger charge is -2.44. The second-order valence-corrected chi connectivity index (χ2v) is 5.62. The molecule has 2 fully saturated rings. The van der Waals surface area contributed by atoms with Crippen LogP contribution in [0, 0.1) is 0 Å². The van der Waals surface area contributed by atoms with E-state index >= 15 is 0 Å². The molecule has 10 heteroatoms. The minimum atomic E-state index is -1.42. The first-order valence-corrected chi connectivity index (χ1v) is 7.36. The van der Waals surface area contributed by atoms with Gasteiger partial charge in [0.25, 0.3) is 0 Å². The summed E-state index contributed by atoms with van der Waals surface area (Å²) in [6.45, 7) is -1.03. The molecule has 0 bridgehead atoms. The topological polar surface area (TPSA) is 158 Å². The monoisotopic (exact) mass is 340 g/mol. The van der Waals surface area contributed by atoms with E-state index in [-0.39, 0.29) is 6.42 Å². The molecule has 6 N–H and O–H groups in total. The zero-order chi connectivity index (χ0) is 17.1. The molecule has 0 spiro atoms. The molecule has 0 aromatic heterocycles. The number of rotatable bonds is 5. The molecule has 9 atom stereocenters. The van der Waals surface area contributed by atoms with E-state index in [1.807, 2.05) is 0 Å². The normalized spacial score (nSPS) is 48.4. The van der Waals surface area contributed by atoms with Crippen LogP contribution < -0.4 is 0 Å². The minimum absolute atomic E-state index is 0.108. The summed E-state index contributed by atoms with van der Waals surface area (Å²) >= 11 is 0. The molecule has 0 aliphatic carbocycles. The van der Waals surface area contributed by atoms with Crippen LogP contribution in [0.15, 0.2) is 0 Å². The zero-order valence-corrected chi connectivity index (χ0v) is 12.6. The first kappa shape index (κ1) is 18.9. The van der Waals surface area contributed by atoms with Gasteiger partial charge in [0, 0.05) is 13.5 Å². The van der Waals surface area contributed by atoms with Crippen LogP contribution in [0.1, 0.15) is 6.42 Å². The molecule has 136 valence electrons. The molecule has 0 aromatic rings. The van der Waals surface area contributed by atoms with Gasteiger partial charge in [-0.05, 0) is 0 Å². The third kappa shape index (κ3) is 3.99. The highest BCUT2D eigenvalue weighted by molar-refractivity contribution is 4.91. The summed E-state index contributed by atoms with van der Waals surface area (Å²) in [6.07, 6.45) is -10.7. The number of methoxy groups -OCH3 is 1. The van der Waals surface area contributed by atoms with Crippen molar-refractivity contribution in [2.24, 2.45) is 0 Å². The van der Waals surface area contributed by atoms with E-state index in [1.165, 1.54) is 7.11 Å². The molecule has 0 saturated carbocycles. The summed E-state index contributed by atoms with van der Waals surface area (Å²) in [7, 11) is 1.28. The van der Waals surface area contributed by atoms with Crippen LogP contribution in [-0.2, 0) is 18.9 Å². The lowest BCUT2D eigenvalue weighted by atomic mass is 9.98. The highest BCUT2D eigenvalue weighted by atomic mass is 16.7. The molecular formula is C13H24O10. The highest BCUT2D eigenvalue weighted by Gasteiger charge is 2.47. The Kier molecular flexibility index (Phi) is 6.68. The van der Waals surface area contributed by atoms with Gasteiger partial charge >= 0.3 is 0 Å². The van der Waals surface area contributed by atoms with Crippen molar-refractivity contribution >= 4 is 0 Å². The molecule has 1 unspecified atom stereocenters. The van der Waals surface area contributed by atoms with Crippen LogP contribution in [0.25, 0.3) is 0 Å². The standard InChI is InChI=1S/C13H24O10/c1-20-13-11(19)10(18)12(7(4-15)22-13)23-8-2-5(16)9(17)6(3-14)21-8/h5-19H,2-4H2,1H3/t5-,6-,7-,8+,9-,10-,11-,12-,13?/m1/s1. The molecule has 2 aliphatic heterocycles. The van der Waals surface area contributed by atoms with Gasteiger partial charge in [0.1, 0.15) is 36.6 Å². The van der Waals surface area contributed by atoms with Crippen molar-refractivity contribution < 1.29 is 49.6 Å². The molecule has 0 amide bonds. The number of hydrogen-bond acceptors (Lipinski definition) is 10. The molecule has 2 rings (SSSR count). The molecule has 23 heavy (non-hydrogen) atoms. The quantitative estimate of drug-likeness (QED) is 0.294. The summed E-state index contributed by atoms with van der Waals surface area (Å²) in [4.78, 5) is 0. The third-order valence-electron chi connectivity index (χ3n) is 4.08. The Morgan fingerprint density at radius 1 is 0.913 bits per heavy atom. The van der Waals surface area contributed by atoms with Crippen LogP contribution >= 0.6 is 0 Å². The zero-order valence-electron chi connectivity index (χ0n) is 12.6. The summed E-state index contributed by atoms with van der Waals surface area (Å²) in [5.74, 6) is 0. The fourth-order valence-corrected chi connectivity index (χ4v) is 2.74. The van der Waals surface area contributed by atoms with Gasteiger partial charge < -0.3 is 49.6 Å². The number of hydrogen-bond donors (Lipinski definition) is 6. The average molecular weight is 340 g/mol. The smallest absolute Gasteiger partial charge is 0.186 e. The molecule has 2 saturated heterocycles. The van der Waals surface area contributed by atoms with E-state index in [0.717, 1.165) is 0 Å². The van der Waals surface area contributed by atoms with Gasteiger partial charge in [0.2, 0.25) is 0 Å². The Labute approximate surface area is 132 Å². The van der Waals surface area contributed by atoms with Crippen LogP contribution in [0.5, 0.6) is 0 Å². The summed E-state index contributed by atoms with van der Waals surface area (Å²) < 4.78 is 21.0. The van der Waals surface area contributed by atoms with Gasteiger partial charge in [-0.2, -0.15) is 0 Å². The fraction of sp³-hybridized carbons (Fsp3) is 1.00. The van der Waals surface area contributed by atoms with E-state index in [4.69, 9.17) is 24.1 Å². The van der Waals surface area contributed by atoms with E-state index in [9.17, 15) is 25.5 Å². The molecule has 2 heterocycles. The second kappa shape index (κ2) is 8.12. The summed E-state index contributed by atoms with van der Waals surface area (Å²) in [5, 5.41) is 58.0. The van der Waals surface area contributed by atoms with Crippen LogP contribution in [-0.4, -0.2) is 106 Å². The fourth-order valence-electron chi connectivity index (χ4n) is 2.74. The SMILES string of the molecule is COC1O[C@H](CO)[C@@H](O[C@H]2C[C@@H](O)[C@@H](O)[C@@H](CO)O2)[C@H](O)[C@H]1O. The van der Waals surface area contributed by atoms with E-state index in [1.54, 1.807) is 0 Å². The number of aliphatic hydroxyl groups excluding tert-OH is 6. The lowest BCUT2D eigenvalue weighted by Crippen LogP contribution is -2.61. The summed E-state index contributed by atoms with van der Waals surface area (Å²) in [6, 6.07) is 0. The van der Waals surface area contributed by atoms with Crippen LogP contribution in [0.4, 0.5) is 0 Å². The Hall–Kier alpha value is -0.400. The minimum Gasteiger partial charge on any atom is -0.394 e. The van der Waals surface area contributed by atoms with Crippen molar-refractivity contribution in [1.29, 1.82) is 0 Å². The summed E-state index contributed by atoms with van der Waals surface area (Å²) in [5.41, 5.74) is 0. The van der Waals surface area contributed by atoms with Crippen molar-refractivity contribution in [2.75, 3.05) is 20.3 Å². The Morgan fingerprint density at radius 3 is 2.13 bits per heavy atom. The first-order valence-electron chi connectivity index (χ1n) is 7.36. The molecule has 0 aromatic carbocycles. The van der Waals surface area contributed by atoms with E-state index in [0.29, 0.717) is 0 Å². The Bertz CT molecular complexity index is 367. The first-order chi connectivity index (χ1) is 10.9. The number of ether oxygens (including phenoxy) is 4. The maximum atomic E-state index is 10.1. The van der Waals surface area contributed by atoms with Gasteiger partial charge in [0.05, 0.1) is 19.3 Å². The molecule has 0 radical (unpaired) electrons. The van der Waals surface area contributed by atoms with E-state index in [2.05, 4.69) is 0 Å². The van der Waals surface area contributed by atoms with Gasteiger partial charge in [-0.1, -0.05) is 0 Å². The van der Waals surface area contributed by atoms with E-state index < -0.39 is 68.5 Å². The van der Waals surface area contributed by atoms with Crippen LogP contribution in [0.3, 0.4) is 0 Å². The van der Waals surface area contributed by atoms with Crippen molar-refractivity contribution in [1.82, 2.24) is 0 Å².